The Morgan fingerprint density at radius 1 is 0.848 bits per heavy atom. The van der Waals surface area contributed by atoms with Crippen LogP contribution >= 0.6 is 11.6 Å². The second-order valence-corrected chi connectivity index (χ2v) is 10.2. The number of halogens is 4. The number of carbonyl (C=O) groups is 3. The molecule has 0 unspecified atom stereocenters. The number of hydrogen-bond acceptors (Lipinski definition) is 4. The first kappa shape index (κ1) is 31.4. The lowest BCUT2D eigenvalue weighted by Gasteiger charge is -2.12. The number of nitrogens with one attached hydrogen (secondary N) is 3. The molecule has 0 bridgehead atoms. The largest absolute Gasteiger partial charge is 0.477 e. The zero-order valence-electron chi connectivity index (χ0n) is 23.4. The summed E-state index contributed by atoms with van der Waals surface area (Å²) in [6, 6.07) is 24.0. The molecule has 5 aromatic rings. The normalized spacial score (nSPS) is 11.5. The van der Waals surface area contributed by atoms with Crippen molar-refractivity contribution < 1.29 is 32.7 Å². The Hall–Kier alpha value is -6.06. The molecular formula is C33H21ClF3N5O4. The molecule has 13 heteroatoms. The van der Waals surface area contributed by atoms with E-state index < -0.39 is 40.2 Å². The van der Waals surface area contributed by atoms with Crippen molar-refractivity contribution in [1.82, 2.24) is 4.57 Å². The standard InChI is InChI=1S/C33H21ClF3N5O4/c34-28-14-11-24(16-27(28)33(35,36)37)41-32(46)40-23-7-5-19(6-8-23)30(43)39-22-9-12-25(13-10-22)42-18-21(15-20(17-38)31(44)45)26-3-1-2-4-29(26)42/h1-16,18H,(H,39,43)(H,44,45)(H2,40,41,46)/b20-15+. The predicted molar refractivity (Wildman–Crippen MR) is 168 cm³/mol. The van der Waals surface area contributed by atoms with E-state index in [1.54, 1.807) is 36.5 Å². The first-order chi connectivity index (χ1) is 21.9. The number of nitrogens with zero attached hydrogens (tertiary/aromatic N) is 2. The van der Waals surface area contributed by atoms with E-state index in [1.165, 1.54) is 36.4 Å². The van der Waals surface area contributed by atoms with Crippen LogP contribution in [0, 0.1) is 11.3 Å². The average Bonchev–Trinajstić information content (AvgIpc) is 3.39. The Labute approximate surface area is 264 Å². The van der Waals surface area contributed by atoms with Crippen LogP contribution in [0.25, 0.3) is 22.7 Å². The molecule has 1 aromatic heterocycles. The molecule has 230 valence electrons. The summed E-state index contributed by atoms with van der Waals surface area (Å²) in [5.74, 6) is -1.75. The Morgan fingerprint density at radius 2 is 1.46 bits per heavy atom. The van der Waals surface area contributed by atoms with E-state index in [1.807, 2.05) is 28.8 Å². The highest BCUT2D eigenvalue weighted by atomic mass is 35.5. The van der Waals surface area contributed by atoms with Crippen molar-refractivity contribution in [2.75, 3.05) is 16.0 Å². The minimum Gasteiger partial charge on any atom is -0.477 e. The fraction of sp³-hybridized carbons (Fsp3) is 0.0303. The fourth-order valence-electron chi connectivity index (χ4n) is 4.56. The minimum absolute atomic E-state index is 0.107. The predicted octanol–water partition coefficient (Wildman–Crippen LogP) is 8.19. The second kappa shape index (κ2) is 12.9. The summed E-state index contributed by atoms with van der Waals surface area (Å²) in [4.78, 5) is 36.5. The first-order valence-electron chi connectivity index (χ1n) is 13.3. The third-order valence-electron chi connectivity index (χ3n) is 6.73. The molecule has 0 saturated heterocycles. The smallest absolute Gasteiger partial charge is 0.417 e. The number of aliphatic carboxylic acids is 1. The number of para-hydroxylation sites is 1. The van der Waals surface area contributed by atoms with E-state index in [0.29, 0.717) is 16.9 Å². The lowest BCUT2D eigenvalue weighted by atomic mass is 10.1. The number of anilines is 3. The van der Waals surface area contributed by atoms with Crippen LogP contribution in [-0.2, 0) is 11.0 Å². The van der Waals surface area contributed by atoms with Crippen LogP contribution < -0.4 is 16.0 Å². The second-order valence-electron chi connectivity index (χ2n) is 9.80. The monoisotopic (exact) mass is 643 g/mol. The van der Waals surface area contributed by atoms with Gasteiger partial charge >= 0.3 is 18.2 Å². The average molecular weight is 644 g/mol. The van der Waals surface area contributed by atoms with E-state index >= 15 is 0 Å². The summed E-state index contributed by atoms with van der Waals surface area (Å²) in [5.41, 5.74) is 1.56. The third kappa shape index (κ3) is 7.01. The van der Waals surface area contributed by atoms with E-state index in [4.69, 9.17) is 11.6 Å². The number of amides is 3. The molecule has 4 N–H and O–H groups in total. The molecule has 0 aliphatic heterocycles. The number of alkyl halides is 3. The summed E-state index contributed by atoms with van der Waals surface area (Å²) in [6.45, 7) is 0. The van der Waals surface area contributed by atoms with Gasteiger partial charge < -0.3 is 25.6 Å². The highest BCUT2D eigenvalue weighted by Crippen LogP contribution is 2.36. The minimum atomic E-state index is -4.68. The van der Waals surface area contributed by atoms with E-state index in [-0.39, 0.29) is 11.3 Å². The lowest BCUT2D eigenvalue weighted by molar-refractivity contribution is -0.137. The summed E-state index contributed by atoms with van der Waals surface area (Å²) in [5, 5.41) is 26.3. The van der Waals surface area contributed by atoms with Gasteiger partial charge in [-0.2, -0.15) is 18.4 Å². The van der Waals surface area contributed by atoms with Gasteiger partial charge in [-0.05, 0) is 78.9 Å². The van der Waals surface area contributed by atoms with Crippen molar-refractivity contribution in [3.8, 4) is 11.8 Å². The molecule has 0 fully saturated rings. The first-order valence-corrected chi connectivity index (χ1v) is 13.7. The van der Waals surface area contributed by atoms with Crippen molar-refractivity contribution in [1.29, 1.82) is 5.26 Å². The number of rotatable bonds is 7. The van der Waals surface area contributed by atoms with Gasteiger partial charge in [0.1, 0.15) is 11.6 Å². The Bertz CT molecular complexity index is 2050. The number of aromatic nitrogens is 1. The van der Waals surface area contributed by atoms with E-state index in [0.717, 1.165) is 28.7 Å². The summed E-state index contributed by atoms with van der Waals surface area (Å²) >= 11 is 5.61. The highest BCUT2D eigenvalue weighted by molar-refractivity contribution is 6.31. The van der Waals surface area contributed by atoms with Gasteiger partial charge in [-0.25, -0.2) is 9.59 Å². The molecule has 5 rings (SSSR count). The number of carbonyl (C=O) groups excluding carboxylic acids is 2. The van der Waals surface area contributed by atoms with Crippen LogP contribution in [0.5, 0.6) is 0 Å². The van der Waals surface area contributed by atoms with Crippen LogP contribution in [0.1, 0.15) is 21.5 Å². The molecule has 3 amide bonds. The number of hydrogen-bond donors (Lipinski definition) is 4. The maximum atomic E-state index is 13.1. The van der Waals surface area contributed by atoms with Crippen LogP contribution in [0.2, 0.25) is 5.02 Å². The topological polar surface area (TPSA) is 136 Å². The number of carboxylic acids is 1. The molecule has 9 nitrogen and oxygen atoms in total. The highest BCUT2D eigenvalue weighted by Gasteiger charge is 2.33. The SMILES string of the molecule is N#C/C(=C\c1cn(-c2ccc(NC(=O)c3ccc(NC(=O)Nc4ccc(Cl)c(C(F)(F)F)c4)cc3)cc2)c2ccccc12)C(=O)O. The number of benzene rings is 4. The van der Waals surface area contributed by atoms with Crippen molar-refractivity contribution in [2.24, 2.45) is 0 Å². The zero-order valence-corrected chi connectivity index (χ0v) is 24.1. The summed E-state index contributed by atoms with van der Waals surface area (Å²) in [6.07, 6.45) is -1.64. The molecule has 4 aromatic carbocycles. The Morgan fingerprint density at radius 3 is 2.11 bits per heavy atom. The number of nitriles is 1. The summed E-state index contributed by atoms with van der Waals surface area (Å²) < 4.78 is 41.1. The zero-order chi connectivity index (χ0) is 33.0. The van der Waals surface area contributed by atoms with Crippen LogP contribution in [-0.4, -0.2) is 27.6 Å². The third-order valence-corrected chi connectivity index (χ3v) is 7.06. The molecule has 46 heavy (non-hydrogen) atoms. The molecule has 0 spiro atoms. The molecule has 0 radical (unpaired) electrons. The van der Waals surface area contributed by atoms with Gasteiger partial charge in [0.2, 0.25) is 0 Å². The fourth-order valence-corrected chi connectivity index (χ4v) is 4.78. The van der Waals surface area contributed by atoms with Crippen molar-refractivity contribution >= 4 is 63.5 Å². The van der Waals surface area contributed by atoms with Crippen molar-refractivity contribution in [3.05, 3.63) is 124 Å². The van der Waals surface area contributed by atoms with Crippen molar-refractivity contribution in [3.63, 3.8) is 0 Å². The maximum absolute atomic E-state index is 13.1. The van der Waals surface area contributed by atoms with Crippen LogP contribution in [0.15, 0.2) is 103 Å². The van der Waals surface area contributed by atoms with Crippen molar-refractivity contribution in [2.45, 2.75) is 6.18 Å². The van der Waals surface area contributed by atoms with E-state index in [2.05, 4.69) is 16.0 Å². The molecule has 0 aliphatic rings. The van der Waals surface area contributed by atoms with Gasteiger partial charge in [-0.3, -0.25) is 4.79 Å². The molecule has 0 aliphatic carbocycles. The Balaban J connectivity index is 1.24. The van der Waals surface area contributed by atoms with Crippen LogP contribution in [0.4, 0.5) is 35.0 Å². The summed E-state index contributed by atoms with van der Waals surface area (Å²) in [7, 11) is 0. The molecule has 0 atom stereocenters. The quantitative estimate of drug-likeness (QED) is 0.105. The van der Waals surface area contributed by atoms with Gasteiger partial charge in [0.25, 0.3) is 5.91 Å². The molecule has 0 saturated carbocycles. The number of carboxylic acid groups (broad SMARTS) is 1. The van der Waals surface area contributed by atoms with E-state index in [9.17, 15) is 37.9 Å². The molecular weight excluding hydrogens is 623 g/mol. The van der Waals surface area contributed by atoms with Gasteiger partial charge in [-0.15, -0.1) is 0 Å². The van der Waals surface area contributed by atoms with Gasteiger partial charge in [0.05, 0.1) is 16.1 Å². The van der Waals surface area contributed by atoms with Crippen LogP contribution in [0.3, 0.4) is 0 Å². The van der Waals surface area contributed by atoms with Gasteiger partial charge in [0, 0.05) is 45.5 Å². The number of urea groups is 1. The van der Waals surface area contributed by atoms with Gasteiger partial charge in [0.15, 0.2) is 0 Å². The number of fused-ring (bicyclic) bond motifs is 1. The van der Waals surface area contributed by atoms with Gasteiger partial charge in [-0.1, -0.05) is 29.8 Å². The molecule has 1 heterocycles. The maximum Gasteiger partial charge on any atom is 0.417 e. The Kier molecular flexibility index (Phi) is 8.79. The lowest BCUT2D eigenvalue weighted by Crippen LogP contribution is -2.20.